The Morgan fingerprint density at radius 2 is 1.73 bits per heavy atom. The van der Waals surface area contributed by atoms with Gasteiger partial charge in [-0.15, -0.1) is 0 Å². The molecule has 0 fully saturated rings. The van der Waals surface area contributed by atoms with Crippen molar-refractivity contribution >= 4 is 33.2 Å². The molecular weight excluding hydrogens is 449 g/mol. The number of benzene rings is 1. The van der Waals surface area contributed by atoms with Crippen molar-refractivity contribution in [2.45, 2.75) is 18.7 Å². The molecule has 1 aromatic carbocycles. The smallest absolute Gasteiger partial charge is 0.274 e. The average Bonchev–Trinajstić information content (AvgIpc) is 3.19. The van der Waals surface area contributed by atoms with Gasteiger partial charge in [0.1, 0.15) is 22.1 Å². The number of carbonyl (C=O) groups excluding carboxylic acids is 2. The molecule has 3 rings (SSSR count). The van der Waals surface area contributed by atoms with Gasteiger partial charge in [0, 0.05) is 32.5 Å². The minimum atomic E-state index is -3.76. The van der Waals surface area contributed by atoms with Gasteiger partial charge in [-0.1, -0.05) is 19.9 Å². The summed E-state index contributed by atoms with van der Waals surface area (Å²) < 4.78 is 42.1. The van der Waals surface area contributed by atoms with Gasteiger partial charge < -0.3 is 15.2 Å². The molecule has 2 N–H and O–H groups in total. The third-order valence-corrected chi connectivity index (χ3v) is 6.95. The number of halogens is 1. The molecule has 0 saturated carbocycles. The number of aryl methyl sites for hydroxylation is 1. The van der Waals surface area contributed by atoms with E-state index in [1.165, 1.54) is 46.5 Å². The highest BCUT2D eigenvalue weighted by atomic mass is 32.2. The highest BCUT2D eigenvalue weighted by molar-refractivity contribution is 7.89. The fourth-order valence-corrected chi connectivity index (χ4v) is 4.74. The Morgan fingerprint density at radius 3 is 2.36 bits per heavy atom. The molecule has 0 atom stereocenters. The summed E-state index contributed by atoms with van der Waals surface area (Å²) in [5.74, 6) is -1.83. The number of aromatic nitrogens is 2. The van der Waals surface area contributed by atoms with Crippen LogP contribution in [-0.2, 0) is 17.1 Å². The molecule has 0 spiro atoms. The van der Waals surface area contributed by atoms with Crippen molar-refractivity contribution in [3.05, 3.63) is 72.1 Å². The molecule has 0 unspecified atom stereocenters. The average molecular weight is 474 g/mol. The SMILES string of the molecule is CCN(CC)S(=O)(=O)c1cc(C(=O)Nc2cc(F)ccc2NC(=O)c2ccccn2)n(C)c1. The van der Waals surface area contributed by atoms with Crippen molar-refractivity contribution in [3.63, 3.8) is 0 Å². The topological polar surface area (TPSA) is 113 Å². The second kappa shape index (κ2) is 9.92. The summed E-state index contributed by atoms with van der Waals surface area (Å²) >= 11 is 0. The summed E-state index contributed by atoms with van der Waals surface area (Å²) in [6.45, 7) is 4.03. The minimum Gasteiger partial charge on any atom is -0.345 e. The number of nitrogens with zero attached hydrogens (tertiary/aromatic N) is 3. The van der Waals surface area contributed by atoms with Gasteiger partial charge in [0.2, 0.25) is 10.0 Å². The van der Waals surface area contributed by atoms with Crippen molar-refractivity contribution in [2.24, 2.45) is 7.05 Å². The Bertz CT molecular complexity index is 1270. The van der Waals surface area contributed by atoms with Crippen molar-refractivity contribution < 1.29 is 22.4 Å². The molecular formula is C22H24FN5O4S. The van der Waals surface area contributed by atoms with Gasteiger partial charge in [-0.25, -0.2) is 12.8 Å². The van der Waals surface area contributed by atoms with Crippen LogP contribution < -0.4 is 10.6 Å². The van der Waals surface area contributed by atoms with Crippen LogP contribution in [0.1, 0.15) is 34.8 Å². The number of nitrogens with one attached hydrogen (secondary N) is 2. The second-order valence-electron chi connectivity index (χ2n) is 7.07. The predicted molar refractivity (Wildman–Crippen MR) is 122 cm³/mol. The first-order chi connectivity index (χ1) is 15.7. The van der Waals surface area contributed by atoms with Crippen molar-refractivity contribution in [1.82, 2.24) is 13.9 Å². The van der Waals surface area contributed by atoms with Crippen molar-refractivity contribution in [3.8, 4) is 0 Å². The highest BCUT2D eigenvalue weighted by Crippen LogP contribution is 2.25. The number of rotatable bonds is 8. The lowest BCUT2D eigenvalue weighted by atomic mass is 10.2. The second-order valence-corrected chi connectivity index (χ2v) is 9.01. The number of pyridine rings is 1. The van der Waals surface area contributed by atoms with Crippen LogP contribution in [0, 0.1) is 5.82 Å². The lowest BCUT2D eigenvalue weighted by Gasteiger charge is -2.17. The molecule has 33 heavy (non-hydrogen) atoms. The molecule has 11 heteroatoms. The maximum Gasteiger partial charge on any atom is 0.274 e. The maximum absolute atomic E-state index is 13.9. The molecule has 0 radical (unpaired) electrons. The first kappa shape index (κ1) is 24.1. The molecule has 2 amide bonds. The number of carbonyl (C=O) groups is 2. The Kier molecular flexibility index (Phi) is 7.24. The van der Waals surface area contributed by atoms with Crippen LogP contribution in [0.2, 0.25) is 0 Å². The van der Waals surface area contributed by atoms with Crippen LogP contribution >= 0.6 is 0 Å². The molecule has 0 aliphatic rings. The van der Waals surface area contributed by atoms with E-state index in [9.17, 15) is 22.4 Å². The van der Waals surface area contributed by atoms with Gasteiger partial charge in [-0.05, 0) is 36.4 Å². The molecule has 0 bridgehead atoms. The minimum absolute atomic E-state index is 0.0126. The fourth-order valence-electron chi connectivity index (χ4n) is 3.21. The summed E-state index contributed by atoms with van der Waals surface area (Å²) in [5, 5.41) is 5.14. The van der Waals surface area contributed by atoms with E-state index in [1.807, 2.05) is 0 Å². The molecule has 174 valence electrons. The summed E-state index contributed by atoms with van der Waals surface area (Å²) in [7, 11) is -2.23. The zero-order chi connectivity index (χ0) is 24.2. The Morgan fingerprint density at radius 1 is 1.03 bits per heavy atom. The first-order valence-corrected chi connectivity index (χ1v) is 11.6. The Hall–Kier alpha value is -3.57. The van der Waals surface area contributed by atoms with E-state index in [2.05, 4.69) is 15.6 Å². The van der Waals surface area contributed by atoms with Crippen LogP contribution in [0.25, 0.3) is 0 Å². The van der Waals surface area contributed by atoms with Crippen LogP contribution in [0.15, 0.2) is 59.8 Å². The number of sulfonamides is 1. The molecule has 2 heterocycles. The molecule has 0 aliphatic carbocycles. The normalized spacial score (nSPS) is 11.4. The largest absolute Gasteiger partial charge is 0.345 e. The van der Waals surface area contributed by atoms with Crippen molar-refractivity contribution in [1.29, 1.82) is 0 Å². The van der Waals surface area contributed by atoms with Gasteiger partial charge in [-0.2, -0.15) is 4.31 Å². The molecule has 0 saturated heterocycles. The van der Waals surface area contributed by atoms with Crippen LogP contribution in [0.5, 0.6) is 0 Å². The maximum atomic E-state index is 13.9. The van der Waals surface area contributed by atoms with Crippen LogP contribution in [0.3, 0.4) is 0 Å². The van der Waals surface area contributed by atoms with Crippen molar-refractivity contribution in [2.75, 3.05) is 23.7 Å². The molecule has 2 aromatic heterocycles. The van der Waals surface area contributed by atoms with E-state index in [0.29, 0.717) is 0 Å². The third kappa shape index (κ3) is 5.26. The Labute approximate surface area is 191 Å². The predicted octanol–water partition coefficient (Wildman–Crippen LogP) is 3.09. The summed E-state index contributed by atoms with van der Waals surface area (Å²) in [4.78, 5) is 29.3. The van der Waals surface area contributed by atoms with E-state index in [4.69, 9.17) is 0 Å². The van der Waals surface area contributed by atoms with Crippen LogP contribution in [0.4, 0.5) is 15.8 Å². The van der Waals surface area contributed by atoms with Gasteiger partial charge in [0.05, 0.1) is 11.4 Å². The molecule has 3 aromatic rings. The van der Waals surface area contributed by atoms with Gasteiger partial charge in [0.25, 0.3) is 11.8 Å². The highest BCUT2D eigenvalue weighted by Gasteiger charge is 2.26. The molecule has 9 nitrogen and oxygen atoms in total. The van der Waals surface area contributed by atoms with Crippen LogP contribution in [-0.4, -0.2) is 47.2 Å². The number of hydrogen-bond donors (Lipinski definition) is 2. The quantitative estimate of drug-likeness (QED) is 0.522. The standard InChI is InChI=1S/C22H24FN5O4S/c1-4-28(5-2)33(31,32)16-13-20(27(3)14-16)22(30)26-19-12-15(23)9-10-17(19)25-21(29)18-8-6-7-11-24-18/h6-14H,4-5H2,1-3H3,(H,25,29)(H,26,30). The van der Waals surface area contributed by atoms with E-state index < -0.39 is 27.7 Å². The summed E-state index contributed by atoms with van der Waals surface area (Å²) in [6, 6.07) is 9.59. The first-order valence-electron chi connectivity index (χ1n) is 10.2. The van der Waals surface area contributed by atoms with E-state index in [0.717, 1.165) is 12.1 Å². The van der Waals surface area contributed by atoms with E-state index >= 15 is 0 Å². The van der Waals surface area contributed by atoms with Gasteiger partial charge >= 0.3 is 0 Å². The number of amides is 2. The molecule has 0 aliphatic heterocycles. The third-order valence-electron chi connectivity index (χ3n) is 4.93. The zero-order valence-electron chi connectivity index (χ0n) is 18.4. The lowest BCUT2D eigenvalue weighted by molar-refractivity contribution is 0.101. The zero-order valence-corrected chi connectivity index (χ0v) is 19.2. The fraction of sp³-hybridized carbons (Fsp3) is 0.227. The van der Waals surface area contributed by atoms with Gasteiger partial charge in [0.15, 0.2) is 0 Å². The van der Waals surface area contributed by atoms with E-state index in [-0.39, 0.29) is 40.7 Å². The number of anilines is 2. The summed E-state index contributed by atoms with van der Waals surface area (Å²) in [5.41, 5.74) is 0.365. The summed E-state index contributed by atoms with van der Waals surface area (Å²) in [6.07, 6.45) is 2.80. The van der Waals surface area contributed by atoms with Gasteiger partial charge in [-0.3, -0.25) is 14.6 Å². The monoisotopic (exact) mass is 473 g/mol. The van der Waals surface area contributed by atoms with E-state index in [1.54, 1.807) is 26.0 Å². The lowest BCUT2D eigenvalue weighted by Crippen LogP contribution is -2.30. The Balaban J connectivity index is 1.87. The number of hydrogen-bond acceptors (Lipinski definition) is 5.